The van der Waals surface area contributed by atoms with Crippen LogP contribution in [0.15, 0.2) is 0 Å². The highest BCUT2D eigenvalue weighted by molar-refractivity contribution is 5.75. The highest BCUT2D eigenvalue weighted by atomic mass is 16.3. The van der Waals surface area contributed by atoms with Gasteiger partial charge in [0.05, 0.1) is 5.60 Å². The summed E-state index contributed by atoms with van der Waals surface area (Å²) in [7, 11) is 0. The fraction of sp³-hybridized carbons (Fsp3) is 0.889. The van der Waals surface area contributed by atoms with Gasteiger partial charge in [-0.15, -0.1) is 0 Å². The fourth-order valence-corrected chi connectivity index (χ4v) is 6.16. The van der Waals surface area contributed by atoms with Crippen LogP contribution in [0, 0.1) is 11.8 Å². The van der Waals surface area contributed by atoms with Crippen LogP contribution >= 0.6 is 0 Å². The molecule has 5 aliphatic rings. The van der Waals surface area contributed by atoms with Gasteiger partial charge in [-0.3, -0.25) is 4.79 Å². The van der Waals surface area contributed by atoms with Crippen LogP contribution in [-0.4, -0.2) is 52.2 Å². The van der Waals surface area contributed by atoms with Crippen molar-refractivity contribution in [1.29, 1.82) is 0 Å². The number of urea groups is 1. The van der Waals surface area contributed by atoms with Crippen molar-refractivity contribution in [1.82, 2.24) is 15.5 Å². The zero-order chi connectivity index (χ0) is 16.9. The number of carbonyl (C=O) groups excluding carboxylic acids is 2. The third-order valence-corrected chi connectivity index (χ3v) is 6.68. The molecule has 0 radical (unpaired) electrons. The summed E-state index contributed by atoms with van der Waals surface area (Å²) in [6.45, 7) is 3.03. The van der Waals surface area contributed by atoms with Crippen LogP contribution in [0.3, 0.4) is 0 Å². The Morgan fingerprint density at radius 2 is 1.71 bits per heavy atom. The minimum Gasteiger partial charge on any atom is -0.390 e. The van der Waals surface area contributed by atoms with Crippen LogP contribution in [-0.2, 0) is 4.79 Å². The Morgan fingerprint density at radius 1 is 1.08 bits per heavy atom. The van der Waals surface area contributed by atoms with E-state index < -0.39 is 5.60 Å². The Morgan fingerprint density at radius 3 is 2.25 bits per heavy atom. The van der Waals surface area contributed by atoms with Gasteiger partial charge in [0.15, 0.2) is 0 Å². The van der Waals surface area contributed by atoms with Gasteiger partial charge < -0.3 is 20.6 Å². The summed E-state index contributed by atoms with van der Waals surface area (Å²) >= 11 is 0. The average molecular weight is 335 g/mol. The smallest absolute Gasteiger partial charge is 0.315 e. The number of carbonyl (C=O) groups is 2. The number of nitrogens with zero attached hydrogens (tertiary/aromatic N) is 1. The summed E-state index contributed by atoms with van der Waals surface area (Å²) in [6, 6.07) is 0.0411. The number of aliphatic hydroxyl groups is 1. The first-order chi connectivity index (χ1) is 11.3. The van der Waals surface area contributed by atoms with Crippen molar-refractivity contribution >= 4 is 11.9 Å². The van der Waals surface area contributed by atoms with Crippen LogP contribution in [0.2, 0.25) is 0 Å². The van der Waals surface area contributed by atoms with E-state index in [0.717, 1.165) is 51.6 Å². The molecular weight excluding hydrogens is 306 g/mol. The van der Waals surface area contributed by atoms with E-state index in [-0.39, 0.29) is 23.5 Å². The largest absolute Gasteiger partial charge is 0.390 e. The van der Waals surface area contributed by atoms with Crippen molar-refractivity contribution in [2.75, 3.05) is 13.1 Å². The lowest BCUT2D eigenvalue weighted by atomic mass is 9.51. The first kappa shape index (κ1) is 16.2. The van der Waals surface area contributed by atoms with E-state index in [0.29, 0.717) is 18.3 Å². The van der Waals surface area contributed by atoms with E-state index in [1.54, 1.807) is 6.92 Å². The molecule has 4 saturated carbocycles. The standard InChI is InChI=1S/C18H29N3O3/c1-12(22)21-4-2-15(3-5-21)19-16(23)20-17-7-13-6-14(8-17)10-18(24,9-13)11-17/h13-15,24H,2-11H2,1H3,(H2,19,20,23). The number of amides is 3. The molecule has 6 heteroatoms. The quantitative estimate of drug-likeness (QED) is 0.713. The van der Waals surface area contributed by atoms with Crippen LogP contribution < -0.4 is 10.6 Å². The van der Waals surface area contributed by atoms with Gasteiger partial charge in [-0.1, -0.05) is 0 Å². The topological polar surface area (TPSA) is 81.7 Å². The summed E-state index contributed by atoms with van der Waals surface area (Å²) in [5.41, 5.74) is -0.757. The number of hydrogen-bond acceptors (Lipinski definition) is 3. The normalized spacial score (nSPS) is 41.3. The SMILES string of the molecule is CC(=O)N1CCC(NC(=O)NC23CC4CC(CC(O)(C4)C2)C3)CC1. The minimum atomic E-state index is -0.551. The molecule has 24 heavy (non-hydrogen) atoms. The summed E-state index contributed by atoms with van der Waals surface area (Å²) in [4.78, 5) is 25.7. The molecule has 2 atom stereocenters. The van der Waals surface area contributed by atoms with Gasteiger partial charge in [0.25, 0.3) is 0 Å². The molecule has 1 heterocycles. The summed E-state index contributed by atoms with van der Waals surface area (Å²) in [5.74, 6) is 1.24. The van der Waals surface area contributed by atoms with Crippen LogP contribution in [0.25, 0.3) is 0 Å². The van der Waals surface area contributed by atoms with Crippen molar-refractivity contribution in [2.24, 2.45) is 11.8 Å². The van der Waals surface area contributed by atoms with Gasteiger partial charge >= 0.3 is 6.03 Å². The van der Waals surface area contributed by atoms with Gasteiger partial charge in [-0.05, 0) is 63.2 Å². The third-order valence-electron chi connectivity index (χ3n) is 6.68. The van der Waals surface area contributed by atoms with Crippen LogP contribution in [0.5, 0.6) is 0 Å². The Kier molecular flexibility index (Phi) is 3.79. The van der Waals surface area contributed by atoms with Crippen LogP contribution in [0.1, 0.15) is 58.3 Å². The van der Waals surface area contributed by atoms with E-state index in [9.17, 15) is 14.7 Å². The predicted octanol–water partition coefficient (Wildman–Crippen LogP) is 1.38. The Bertz CT molecular complexity index is 528. The maximum atomic E-state index is 12.5. The van der Waals surface area contributed by atoms with E-state index in [4.69, 9.17) is 0 Å². The van der Waals surface area contributed by atoms with Crippen molar-refractivity contribution in [2.45, 2.75) is 75.5 Å². The molecule has 5 fully saturated rings. The molecule has 1 aliphatic heterocycles. The number of rotatable bonds is 2. The van der Waals surface area contributed by atoms with Gasteiger partial charge in [0, 0.05) is 31.6 Å². The number of hydrogen-bond donors (Lipinski definition) is 3. The predicted molar refractivity (Wildman–Crippen MR) is 89.3 cm³/mol. The average Bonchev–Trinajstić information content (AvgIpc) is 2.44. The van der Waals surface area contributed by atoms with Crippen LogP contribution in [0.4, 0.5) is 4.79 Å². The molecule has 4 aliphatic carbocycles. The first-order valence-electron chi connectivity index (χ1n) is 9.41. The van der Waals surface area contributed by atoms with Gasteiger partial charge in [-0.2, -0.15) is 0 Å². The Labute approximate surface area is 143 Å². The van der Waals surface area contributed by atoms with Crippen molar-refractivity contribution < 1.29 is 14.7 Å². The molecule has 4 bridgehead atoms. The maximum absolute atomic E-state index is 12.5. The second-order valence-corrected chi connectivity index (χ2v) is 8.84. The van der Waals surface area contributed by atoms with Gasteiger partial charge in [0.1, 0.15) is 0 Å². The van der Waals surface area contributed by atoms with Crippen molar-refractivity contribution in [3.8, 4) is 0 Å². The minimum absolute atomic E-state index is 0.0955. The molecule has 2 unspecified atom stereocenters. The molecule has 0 aromatic carbocycles. The Hall–Kier alpha value is -1.30. The zero-order valence-corrected chi connectivity index (χ0v) is 14.5. The molecule has 0 aromatic rings. The molecule has 0 aromatic heterocycles. The van der Waals surface area contributed by atoms with E-state index in [1.165, 1.54) is 6.42 Å². The summed E-state index contributed by atoms with van der Waals surface area (Å²) in [6.07, 6.45) is 7.42. The highest BCUT2D eigenvalue weighted by Crippen LogP contribution is 2.57. The molecular formula is C18H29N3O3. The monoisotopic (exact) mass is 335 g/mol. The molecule has 3 N–H and O–H groups in total. The molecule has 6 nitrogen and oxygen atoms in total. The maximum Gasteiger partial charge on any atom is 0.315 e. The molecule has 1 saturated heterocycles. The third kappa shape index (κ3) is 3.01. The first-order valence-corrected chi connectivity index (χ1v) is 9.41. The molecule has 5 rings (SSSR count). The van der Waals surface area contributed by atoms with E-state index in [2.05, 4.69) is 10.6 Å². The van der Waals surface area contributed by atoms with E-state index >= 15 is 0 Å². The second kappa shape index (κ2) is 5.61. The Balaban J connectivity index is 1.33. The molecule has 0 spiro atoms. The fourth-order valence-electron chi connectivity index (χ4n) is 6.16. The number of likely N-dealkylation sites (tertiary alicyclic amines) is 1. The summed E-state index contributed by atoms with van der Waals surface area (Å²) in [5, 5.41) is 17.1. The number of nitrogens with one attached hydrogen (secondary N) is 2. The van der Waals surface area contributed by atoms with Crippen molar-refractivity contribution in [3.63, 3.8) is 0 Å². The zero-order valence-electron chi connectivity index (χ0n) is 14.5. The van der Waals surface area contributed by atoms with Gasteiger partial charge in [0.2, 0.25) is 5.91 Å². The lowest BCUT2D eigenvalue weighted by molar-refractivity contribution is -0.139. The lowest BCUT2D eigenvalue weighted by Crippen LogP contribution is -2.67. The lowest BCUT2D eigenvalue weighted by Gasteiger charge is -2.60. The number of piperidine rings is 1. The van der Waals surface area contributed by atoms with E-state index in [1.807, 2.05) is 4.90 Å². The molecule has 3 amide bonds. The second-order valence-electron chi connectivity index (χ2n) is 8.84. The van der Waals surface area contributed by atoms with Crippen molar-refractivity contribution in [3.05, 3.63) is 0 Å². The van der Waals surface area contributed by atoms with Gasteiger partial charge in [-0.25, -0.2) is 4.79 Å². The highest BCUT2D eigenvalue weighted by Gasteiger charge is 2.57. The summed E-state index contributed by atoms with van der Waals surface area (Å²) < 4.78 is 0. The molecule has 134 valence electrons.